The Morgan fingerprint density at radius 3 is 2.27 bits per heavy atom. The molecule has 0 atom stereocenters. The number of nitriles is 1. The zero-order valence-electron chi connectivity index (χ0n) is 10.7. The molecule has 1 aromatic carbocycles. The summed E-state index contributed by atoms with van der Waals surface area (Å²) in [5, 5.41) is 10.6. The second-order valence-corrected chi connectivity index (χ2v) is 4.64. The molecule has 0 aliphatic carbocycles. The van der Waals surface area contributed by atoms with Crippen molar-refractivity contribution in [2.75, 3.05) is 6.26 Å². The van der Waals surface area contributed by atoms with Gasteiger partial charge < -0.3 is 9.47 Å². The van der Waals surface area contributed by atoms with E-state index in [1.807, 2.05) is 0 Å². The van der Waals surface area contributed by atoms with Crippen LogP contribution in [0, 0.1) is 17.3 Å². The summed E-state index contributed by atoms with van der Waals surface area (Å²) in [6, 6.07) is 1.12. The highest BCUT2D eigenvalue weighted by Crippen LogP contribution is 2.48. The molecule has 0 radical (unpaired) electrons. The average Bonchev–Trinajstić information content (AvgIpc) is 2.41. The van der Waals surface area contributed by atoms with Gasteiger partial charge in [-0.15, -0.1) is 0 Å². The Morgan fingerprint density at radius 1 is 1.23 bits per heavy atom. The van der Waals surface area contributed by atoms with Gasteiger partial charge in [-0.05, 0) is 6.26 Å². The molecule has 1 N–H and O–H groups in total. The predicted octanol–water partition coefficient (Wildman–Crippen LogP) is 3.20. The van der Waals surface area contributed by atoms with Crippen molar-refractivity contribution >= 4 is 22.6 Å². The summed E-state index contributed by atoms with van der Waals surface area (Å²) >= 11 is 0.944. The smallest absolute Gasteiger partial charge is 0.421 e. The zero-order valence-corrected chi connectivity index (χ0v) is 11.5. The summed E-state index contributed by atoms with van der Waals surface area (Å²) in [7, 11) is 0. The Bertz CT molecular complexity index is 674. The van der Waals surface area contributed by atoms with Crippen molar-refractivity contribution in [3.63, 3.8) is 0 Å². The maximum Gasteiger partial charge on any atom is 0.507 e. The van der Waals surface area contributed by atoms with Crippen molar-refractivity contribution in [2.24, 2.45) is 4.99 Å². The van der Waals surface area contributed by atoms with E-state index in [9.17, 15) is 22.0 Å². The molecule has 118 valence electrons. The topological polar surface area (TPSA) is 66.6 Å². The van der Waals surface area contributed by atoms with Crippen LogP contribution in [0.5, 0.6) is 11.5 Å². The summed E-state index contributed by atoms with van der Waals surface area (Å²) in [6.07, 6.45) is -6.77. The van der Waals surface area contributed by atoms with Gasteiger partial charge in [0.25, 0.3) is 0 Å². The molecule has 1 aromatic rings. The highest BCUT2D eigenvalue weighted by molar-refractivity contribution is 8.13. The molecule has 5 nitrogen and oxygen atoms in total. The quantitative estimate of drug-likeness (QED) is 0.280. The van der Waals surface area contributed by atoms with Crippen LogP contribution in [0.25, 0.3) is 0 Å². The van der Waals surface area contributed by atoms with Crippen molar-refractivity contribution in [3.8, 4) is 17.7 Å². The maximum atomic E-state index is 13.8. The van der Waals surface area contributed by atoms with E-state index in [1.54, 1.807) is 6.19 Å². The molecular formula is C11H6F5N3O2S. The third kappa shape index (κ3) is 2.87. The Kier molecular flexibility index (Phi) is 4.06. The summed E-state index contributed by atoms with van der Waals surface area (Å²) in [4.78, 5) is 3.66. The number of rotatable bonds is 1. The van der Waals surface area contributed by atoms with Crippen LogP contribution in [0.15, 0.2) is 17.1 Å². The van der Waals surface area contributed by atoms with Crippen LogP contribution in [0.4, 0.5) is 27.6 Å². The Balaban J connectivity index is 2.46. The van der Waals surface area contributed by atoms with Crippen LogP contribution in [0.1, 0.15) is 0 Å². The fourth-order valence-corrected chi connectivity index (χ4v) is 1.78. The van der Waals surface area contributed by atoms with E-state index < -0.39 is 35.2 Å². The number of fused-ring (bicyclic) bond motifs is 1. The number of benzene rings is 1. The molecular weight excluding hydrogens is 333 g/mol. The first-order valence-corrected chi connectivity index (χ1v) is 6.67. The fourth-order valence-electron chi connectivity index (χ4n) is 1.45. The summed E-state index contributed by atoms with van der Waals surface area (Å²) in [5.74, 6) is -2.80. The lowest BCUT2D eigenvalue weighted by Crippen LogP contribution is -2.52. The van der Waals surface area contributed by atoms with Crippen LogP contribution in [-0.4, -0.2) is 23.6 Å². The molecule has 1 aliphatic rings. The van der Waals surface area contributed by atoms with Crippen molar-refractivity contribution in [1.82, 2.24) is 5.32 Å². The second kappa shape index (κ2) is 5.53. The minimum absolute atomic E-state index is 0.0323. The Labute approximate surface area is 124 Å². The number of nitrogens with zero attached hydrogens (tertiary/aromatic N) is 2. The number of nitrogens with one attached hydrogen (secondary N) is 1. The van der Waals surface area contributed by atoms with E-state index in [0.717, 1.165) is 11.8 Å². The van der Waals surface area contributed by atoms with Crippen molar-refractivity contribution in [2.45, 2.75) is 12.2 Å². The molecule has 0 spiro atoms. The number of hydrogen-bond acceptors (Lipinski definition) is 5. The van der Waals surface area contributed by atoms with Gasteiger partial charge in [0, 0.05) is 12.1 Å². The van der Waals surface area contributed by atoms with Gasteiger partial charge in [-0.25, -0.2) is 9.38 Å². The van der Waals surface area contributed by atoms with E-state index in [2.05, 4.69) is 19.8 Å². The molecule has 1 heterocycles. The lowest BCUT2D eigenvalue weighted by Gasteiger charge is -2.31. The second-order valence-electron chi connectivity index (χ2n) is 3.85. The van der Waals surface area contributed by atoms with Gasteiger partial charge in [0.1, 0.15) is 5.69 Å². The lowest BCUT2D eigenvalue weighted by molar-refractivity contribution is -0.391. The third-order valence-corrected chi connectivity index (χ3v) is 2.99. The predicted molar refractivity (Wildman–Crippen MR) is 66.9 cm³/mol. The molecule has 22 heavy (non-hydrogen) atoms. The highest BCUT2D eigenvalue weighted by Gasteiger charge is 2.66. The summed E-state index contributed by atoms with van der Waals surface area (Å²) in [5.41, 5.74) is -0.490. The Hall–Kier alpha value is -2.22. The van der Waals surface area contributed by atoms with Gasteiger partial charge in [-0.2, -0.15) is 22.8 Å². The van der Waals surface area contributed by atoms with Gasteiger partial charge in [0.15, 0.2) is 28.7 Å². The number of hydrogen-bond donors (Lipinski definition) is 1. The summed E-state index contributed by atoms with van der Waals surface area (Å²) in [6.45, 7) is 0. The lowest BCUT2D eigenvalue weighted by atomic mass is 10.2. The molecule has 0 amide bonds. The van der Waals surface area contributed by atoms with E-state index >= 15 is 0 Å². The van der Waals surface area contributed by atoms with Gasteiger partial charge in [0.2, 0.25) is 0 Å². The molecule has 0 saturated heterocycles. The first-order chi connectivity index (χ1) is 10.2. The number of alkyl halides is 4. The molecule has 0 unspecified atom stereocenters. The van der Waals surface area contributed by atoms with Crippen LogP contribution >= 0.6 is 11.8 Å². The van der Waals surface area contributed by atoms with Crippen LogP contribution in [0.3, 0.4) is 0 Å². The standard InChI is InChI=1S/C11H6F5N3O2S/c1-22-9(18-4-17)19-6-3-8-7(2-5(6)12)20-10(13,14)11(15,16)21-8/h2-3H,1H3,(H,18,19). The van der Waals surface area contributed by atoms with Gasteiger partial charge >= 0.3 is 12.2 Å². The molecule has 0 bridgehead atoms. The zero-order chi connectivity index (χ0) is 16.5. The number of halogens is 5. The summed E-state index contributed by atoms with van der Waals surface area (Å²) < 4.78 is 73.4. The largest absolute Gasteiger partial charge is 0.507 e. The van der Waals surface area contributed by atoms with Gasteiger partial charge in [-0.1, -0.05) is 11.8 Å². The molecule has 1 aliphatic heterocycles. The normalized spacial score (nSPS) is 18.5. The van der Waals surface area contributed by atoms with E-state index in [0.29, 0.717) is 12.1 Å². The number of thioether (sulfide) groups is 1. The molecule has 11 heteroatoms. The first-order valence-electron chi connectivity index (χ1n) is 5.45. The molecule has 2 rings (SSSR count). The minimum atomic E-state index is -4.93. The van der Waals surface area contributed by atoms with Gasteiger partial charge in [0.05, 0.1) is 0 Å². The first kappa shape index (κ1) is 16.2. The van der Waals surface area contributed by atoms with Crippen molar-refractivity contribution in [1.29, 1.82) is 5.26 Å². The molecule has 0 aromatic heterocycles. The number of ether oxygens (including phenoxy) is 2. The van der Waals surface area contributed by atoms with Crippen molar-refractivity contribution < 1.29 is 31.4 Å². The van der Waals surface area contributed by atoms with Crippen LogP contribution in [-0.2, 0) is 0 Å². The van der Waals surface area contributed by atoms with Gasteiger partial charge in [-0.3, -0.25) is 5.32 Å². The number of aliphatic imine (C=N–C) groups is 1. The van der Waals surface area contributed by atoms with E-state index in [-0.39, 0.29) is 5.17 Å². The average molecular weight is 339 g/mol. The third-order valence-electron chi connectivity index (χ3n) is 2.41. The highest BCUT2D eigenvalue weighted by atomic mass is 32.2. The van der Waals surface area contributed by atoms with E-state index in [4.69, 9.17) is 5.26 Å². The van der Waals surface area contributed by atoms with E-state index in [1.165, 1.54) is 6.26 Å². The Morgan fingerprint density at radius 2 is 1.77 bits per heavy atom. The number of amidine groups is 1. The molecule has 0 fully saturated rings. The van der Waals surface area contributed by atoms with Crippen molar-refractivity contribution in [3.05, 3.63) is 17.9 Å². The fraction of sp³-hybridized carbons (Fsp3) is 0.273. The van der Waals surface area contributed by atoms with Crippen LogP contribution < -0.4 is 14.8 Å². The van der Waals surface area contributed by atoms with Crippen LogP contribution in [0.2, 0.25) is 0 Å². The maximum absolute atomic E-state index is 13.8. The monoisotopic (exact) mass is 339 g/mol. The SMILES string of the molecule is CSC(=Nc1cc2c(cc1F)OC(F)(F)C(F)(F)O2)NC#N. The molecule has 0 saturated carbocycles. The minimum Gasteiger partial charge on any atom is -0.421 e.